The van der Waals surface area contributed by atoms with Gasteiger partial charge in [0.25, 0.3) is 0 Å². The van der Waals surface area contributed by atoms with E-state index >= 15 is 0 Å². The lowest BCUT2D eigenvalue weighted by Gasteiger charge is -2.27. The number of amides is 1. The fourth-order valence-electron chi connectivity index (χ4n) is 3.69. The van der Waals surface area contributed by atoms with Gasteiger partial charge >= 0.3 is 5.97 Å². The van der Waals surface area contributed by atoms with Crippen LogP contribution in [0.4, 0.5) is 5.69 Å². The molecule has 25 heavy (non-hydrogen) atoms. The molecule has 2 aliphatic carbocycles. The smallest absolute Gasteiger partial charge is 0.338 e. The number of rotatable bonds is 6. The van der Waals surface area contributed by atoms with Crippen LogP contribution in [0.25, 0.3) is 0 Å². The predicted octanol–water partition coefficient (Wildman–Crippen LogP) is 1.38. The van der Waals surface area contributed by atoms with Crippen molar-refractivity contribution in [3.8, 4) is 0 Å². The van der Waals surface area contributed by atoms with E-state index < -0.39 is 23.8 Å². The number of hydrogen-bond acceptors (Lipinski definition) is 5. The molecule has 1 aromatic carbocycles. The van der Waals surface area contributed by atoms with Crippen molar-refractivity contribution in [2.24, 2.45) is 23.7 Å². The second kappa shape index (κ2) is 7.09. The first-order valence-corrected chi connectivity index (χ1v) is 8.48. The van der Waals surface area contributed by atoms with E-state index in [-0.39, 0.29) is 17.7 Å². The van der Waals surface area contributed by atoms with Crippen molar-refractivity contribution in [1.82, 2.24) is 0 Å². The van der Waals surface area contributed by atoms with Crippen molar-refractivity contribution in [3.05, 3.63) is 42.0 Å². The highest BCUT2D eigenvalue weighted by atomic mass is 16.5. The molecule has 1 fully saturated rings. The molecule has 0 spiro atoms. The van der Waals surface area contributed by atoms with Crippen molar-refractivity contribution in [3.63, 3.8) is 0 Å². The molecule has 0 aliphatic heterocycles. The first-order chi connectivity index (χ1) is 12.0. The lowest BCUT2D eigenvalue weighted by molar-refractivity contribution is -0.313. The number of carbonyl (C=O) groups is 3. The number of esters is 1. The molecule has 0 radical (unpaired) electrons. The van der Waals surface area contributed by atoms with E-state index in [1.54, 1.807) is 24.3 Å². The summed E-state index contributed by atoms with van der Waals surface area (Å²) in [5.41, 5.74) is 0.919. The van der Waals surface area contributed by atoms with Gasteiger partial charge < -0.3 is 20.0 Å². The monoisotopic (exact) mass is 342 g/mol. The second-order valence-electron chi connectivity index (χ2n) is 6.52. The number of anilines is 1. The zero-order valence-electron chi connectivity index (χ0n) is 13.9. The molecule has 132 valence electrons. The number of nitrogens with one attached hydrogen (secondary N) is 1. The first-order valence-electron chi connectivity index (χ1n) is 8.48. The highest BCUT2D eigenvalue weighted by Crippen LogP contribution is 2.48. The summed E-state index contributed by atoms with van der Waals surface area (Å²) in [4.78, 5) is 35.7. The summed E-state index contributed by atoms with van der Waals surface area (Å²) in [6, 6.07) is 6.37. The molecule has 0 saturated heterocycles. The van der Waals surface area contributed by atoms with E-state index in [2.05, 4.69) is 5.32 Å². The minimum atomic E-state index is -1.17. The van der Waals surface area contributed by atoms with E-state index in [1.807, 2.05) is 19.1 Å². The van der Waals surface area contributed by atoms with Gasteiger partial charge in [0.1, 0.15) is 0 Å². The van der Waals surface area contributed by atoms with Gasteiger partial charge in [0.15, 0.2) is 0 Å². The third-order valence-electron chi connectivity index (χ3n) is 4.86. The van der Waals surface area contributed by atoms with Crippen LogP contribution in [0.2, 0.25) is 0 Å². The number of allylic oxidation sites excluding steroid dienone is 2. The molecule has 0 heterocycles. The van der Waals surface area contributed by atoms with Crippen molar-refractivity contribution in [2.75, 3.05) is 11.9 Å². The minimum absolute atomic E-state index is 0.0591. The summed E-state index contributed by atoms with van der Waals surface area (Å²) < 4.78 is 5.05. The number of ether oxygens (including phenoxy) is 1. The van der Waals surface area contributed by atoms with Gasteiger partial charge in [-0.1, -0.05) is 19.1 Å². The number of aliphatic carboxylic acids is 1. The van der Waals surface area contributed by atoms with Crippen LogP contribution in [0.5, 0.6) is 0 Å². The van der Waals surface area contributed by atoms with Crippen LogP contribution in [0.1, 0.15) is 30.1 Å². The Kier molecular flexibility index (Phi) is 4.88. The molecule has 4 atom stereocenters. The maximum atomic E-state index is 12.6. The highest BCUT2D eigenvalue weighted by molar-refractivity contribution is 5.97. The normalized spacial score (nSPS) is 26.4. The molecule has 0 unspecified atom stereocenters. The van der Waals surface area contributed by atoms with E-state index in [0.717, 1.165) is 6.42 Å². The number of fused-ring (bicyclic) bond motifs is 2. The molecule has 2 bridgehead atoms. The summed E-state index contributed by atoms with van der Waals surface area (Å²) in [6.07, 6.45) is 5.21. The number of carboxylic acid groups (broad SMARTS) is 1. The predicted molar refractivity (Wildman–Crippen MR) is 88.4 cm³/mol. The quantitative estimate of drug-likeness (QED) is 0.622. The fourth-order valence-corrected chi connectivity index (χ4v) is 3.69. The Morgan fingerprint density at radius 3 is 2.36 bits per heavy atom. The van der Waals surface area contributed by atoms with Crippen LogP contribution in [0.15, 0.2) is 36.4 Å². The standard InChI is InChI=1S/C19H21NO5/c1-2-9-25-19(24)11-5-7-14(8-6-11)20-17(21)15-12-3-4-13(10-12)16(15)18(22)23/h3-8,12-13,15-16H,2,9-10H2,1H3,(H,20,21)(H,22,23)/p-1/t12-,13-,15+,16-/m0/s1. The third-order valence-corrected chi connectivity index (χ3v) is 4.86. The Hall–Kier alpha value is -2.63. The van der Waals surface area contributed by atoms with Crippen LogP contribution < -0.4 is 10.4 Å². The lowest BCUT2D eigenvalue weighted by Crippen LogP contribution is -2.42. The number of carbonyl (C=O) groups excluding carboxylic acids is 3. The summed E-state index contributed by atoms with van der Waals surface area (Å²) in [5.74, 6) is -3.49. The Balaban J connectivity index is 1.66. The van der Waals surface area contributed by atoms with Gasteiger partial charge in [-0.05, 0) is 48.9 Å². The molecule has 6 heteroatoms. The molecular weight excluding hydrogens is 322 g/mol. The van der Waals surface area contributed by atoms with Crippen molar-refractivity contribution in [1.29, 1.82) is 0 Å². The molecule has 1 amide bonds. The number of hydrogen-bond donors (Lipinski definition) is 1. The average Bonchev–Trinajstić information content (AvgIpc) is 3.21. The Labute approximate surface area is 145 Å². The van der Waals surface area contributed by atoms with Gasteiger partial charge in [-0.3, -0.25) is 4.79 Å². The van der Waals surface area contributed by atoms with Crippen LogP contribution in [-0.4, -0.2) is 24.5 Å². The van der Waals surface area contributed by atoms with Gasteiger partial charge in [-0.2, -0.15) is 0 Å². The van der Waals surface area contributed by atoms with Crippen LogP contribution in [-0.2, 0) is 14.3 Å². The Morgan fingerprint density at radius 1 is 1.12 bits per heavy atom. The van der Waals surface area contributed by atoms with Gasteiger partial charge in [0.2, 0.25) is 5.91 Å². The van der Waals surface area contributed by atoms with Gasteiger partial charge in [0.05, 0.1) is 18.1 Å². The molecular formula is C19H20NO5-. The molecule has 1 saturated carbocycles. The maximum Gasteiger partial charge on any atom is 0.338 e. The average molecular weight is 342 g/mol. The molecule has 1 N–H and O–H groups in total. The Morgan fingerprint density at radius 2 is 1.76 bits per heavy atom. The number of carboxylic acids is 1. The number of benzene rings is 1. The summed E-state index contributed by atoms with van der Waals surface area (Å²) in [5, 5.41) is 14.1. The zero-order valence-corrected chi connectivity index (χ0v) is 13.9. The first kappa shape index (κ1) is 17.2. The van der Waals surface area contributed by atoms with Crippen LogP contribution in [0.3, 0.4) is 0 Å². The van der Waals surface area contributed by atoms with Gasteiger partial charge in [-0.15, -0.1) is 0 Å². The minimum Gasteiger partial charge on any atom is -0.550 e. The highest BCUT2D eigenvalue weighted by Gasteiger charge is 2.48. The SMILES string of the molecule is CCCOC(=O)c1ccc(NC(=O)[C@H]2[C@@H](C(=O)[O-])[C@H]3C=C[C@H]2C3)cc1. The largest absolute Gasteiger partial charge is 0.550 e. The summed E-state index contributed by atoms with van der Waals surface area (Å²) in [7, 11) is 0. The van der Waals surface area contributed by atoms with Crippen LogP contribution in [0, 0.1) is 23.7 Å². The van der Waals surface area contributed by atoms with E-state index in [0.29, 0.717) is 24.3 Å². The molecule has 1 aromatic rings. The fraction of sp³-hybridized carbons (Fsp3) is 0.421. The van der Waals surface area contributed by atoms with Crippen LogP contribution >= 0.6 is 0 Å². The second-order valence-corrected chi connectivity index (χ2v) is 6.52. The van der Waals surface area contributed by atoms with Crippen molar-refractivity contribution in [2.45, 2.75) is 19.8 Å². The third kappa shape index (κ3) is 3.43. The zero-order chi connectivity index (χ0) is 18.0. The van der Waals surface area contributed by atoms with Gasteiger partial charge in [0, 0.05) is 17.6 Å². The summed E-state index contributed by atoms with van der Waals surface area (Å²) >= 11 is 0. The maximum absolute atomic E-state index is 12.6. The van der Waals surface area contributed by atoms with E-state index in [1.165, 1.54) is 0 Å². The summed E-state index contributed by atoms with van der Waals surface area (Å²) in [6.45, 7) is 2.27. The van der Waals surface area contributed by atoms with Gasteiger partial charge in [-0.25, -0.2) is 4.79 Å². The molecule has 6 nitrogen and oxygen atoms in total. The molecule has 0 aromatic heterocycles. The van der Waals surface area contributed by atoms with E-state index in [4.69, 9.17) is 4.74 Å². The van der Waals surface area contributed by atoms with Crippen molar-refractivity contribution >= 4 is 23.5 Å². The lowest BCUT2D eigenvalue weighted by atomic mass is 9.82. The molecule has 2 aliphatic rings. The van der Waals surface area contributed by atoms with E-state index in [9.17, 15) is 19.5 Å². The molecule has 3 rings (SSSR count). The van der Waals surface area contributed by atoms with Crippen molar-refractivity contribution < 1.29 is 24.2 Å². The Bertz CT molecular complexity index is 709. The topological polar surface area (TPSA) is 95.5 Å².